The Morgan fingerprint density at radius 2 is 2.00 bits per heavy atom. The summed E-state index contributed by atoms with van der Waals surface area (Å²) in [7, 11) is -3.26. The normalized spacial score (nSPS) is 24.5. The molecule has 3 unspecified atom stereocenters. The van der Waals surface area contributed by atoms with E-state index < -0.39 is 61.7 Å². The number of carbonyl (C=O) groups excluding carboxylic acids is 1. The molecule has 15 heteroatoms. The van der Waals surface area contributed by atoms with Gasteiger partial charge in [0.2, 0.25) is 5.60 Å². The number of rotatable bonds is 9. The van der Waals surface area contributed by atoms with E-state index in [1.165, 1.54) is 6.92 Å². The number of hydrogen-bond acceptors (Lipinski definition) is 10. The summed E-state index contributed by atoms with van der Waals surface area (Å²) in [5, 5.41) is 27.9. The van der Waals surface area contributed by atoms with Gasteiger partial charge in [-0.1, -0.05) is 36.4 Å². The van der Waals surface area contributed by atoms with Crippen LogP contribution in [0.5, 0.6) is 5.75 Å². The molecule has 40 heavy (non-hydrogen) atoms. The molecule has 4 rings (SSSR count). The van der Waals surface area contributed by atoms with E-state index in [0.29, 0.717) is 5.39 Å². The smallest absolute Gasteiger partial charge is 0.459 e. The SMILES string of the molecule is COC(=O)[C@H](C)NP(=O)(OC[C@H]1O[C@@H](n2ccc(=O)[nH]c2=O)C(O)(C#CCl)C1O)Oc1cccc2ccccc12. The third-order valence-corrected chi connectivity index (χ3v) is 7.84. The van der Waals surface area contributed by atoms with Crippen LogP contribution in [-0.2, 0) is 23.4 Å². The number of esters is 1. The Kier molecular flexibility index (Phi) is 8.82. The van der Waals surface area contributed by atoms with Gasteiger partial charge >= 0.3 is 19.4 Å². The molecule has 0 spiro atoms. The lowest BCUT2D eigenvalue weighted by molar-refractivity contribution is -0.142. The molecular formula is C25H25ClN3O10P. The van der Waals surface area contributed by atoms with Crippen molar-refractivity contribution >= 4 is 36.1 Å². The number of aliphatic hydroxyl groups excluding tert-OH is 1. The number of fused-ring (bicyclic) bond motifs is 1. The molecule has 6 atom stereocenters. The summed E-state index contributed by atoms with van der Waals surface area (Å²) >= 11 is 5.51. The Hall–Kier alpha value is -3.47. The molecule has 1 aromatic heterocycles. The van der Waals surface area contributed by atoms with E-state index in [9.17, 15) is 29.2 Å². The molecule has 2 aromatic carbocycles. The fourth-order valence-electron chi connectivity index (χ4n) is 4.14. The standard InChI is InChI=1S/C25H25ClN3O10P/c1-15(22(32)36-2)28-40(35,39-18-9-5-7-16-6-3-4-8-17(16)18)37-14-19-21(31)25(34,11-12-26)23(38-19)29-13-10-20(30)27-24(29)33/h3-10,13,15,19,21,23,31,34H,14H2,1-2H3,(H,28,35)(H,27,30,33)/t15-,19+,21?,23+,25?,40?/m0/s1. The van der Waals surface area contributed by atoms with Crippen molar-refractivity contribution < 1.29 is 38.1 Å². The molecule has 1 aliphatic rings. The lowest BCUT2D eigenvalue weighted by atomic mass is 9.95. The van der Waals surface area contributed by atoms with Crippen LogP contribution in [0.25, 0.3) is 10.8 Å². The minimum atomic E-state index is -4.41. The summed E-state index contributed by atoms with van der Waals surface area (Å²) in [5.41, 5.74) is -4.10. The first-order valence-electron chi connectivity index (χ1n) is 11.8. The second-order valence-corrected chi connectivity index (χ2v) is 10.7. The number of aliphatic hydroxyl groups is 2. The minimum Gasteiger partial charge on any atom is -0.468 e. The van der Waals surface area contributed by atoms with Gasteiger partial charge in [-0.05, 0) is 35.9 Å². The largest absolute Gasteiger partial charge is 0.468 e. The maximum Gasteiger partial charge on any atom is 0.459 e. The second-order valence-electron chi connectivity index (χ2n) is 8.77. The third-order valence-electron chi connectivity index (χ3n) is 6.12. The van der Waals surface area contributed by atoms with Gasteiger partial charge in [0.15, 0.2) is 6.23 Å². The fraction of sp³-hybridized carbons (Fsp3) is 0.320. The van der Waals surface area contributed by atoms with Gasteiger partial charge in [0.25, 0.3) is 5.56 Å². The molecule has 0 bridgehead atoms. The monoisotopic (exact) mass is 593 g/mol. The maximum atomic E-state index is 13.9. The number of carbonyl (C=O) groups is 1. The first-order valence-corrected chi connectivity index (χ1v) is 13.7. The Morgan fingerprint density at radius 1 is 1.27 bits per heavy atom. The molecule has 0 radical (unpaired) electrons. The van der Waals surface area contributed by atoms with Gasteiger partial charge in [-0.15, -0.1) is 0 Å². The van der Waals surface area contributed by atoms with E-state index in [-0.39, 0.29) is 5.75 Å². The van der Waals surface area contributed by atoms with Gasteiger partial charge < -0.3 is 24.2 Å². The van der Waals surface area contributed by atoms with Crippen LogP contribution in [0, 0.1) is 11.3 Å². The number of nitrogens with one attached hydrogen (secondary N) is 2. The summed E-state index contributed by atoms with van der Waals surface area (Å²) in [4.78, 5) is 38.0. The van der Waals surface area contributed by atoms with Crippen molar-refractivity contribution in [3.05, 3.63) is 75.6 Å². The van der Waals surface area contributed by atoms with E-state index in [0.717, 1.165) is 29.3 Å². The molecule has 212 valence electrons. The van der Waals surface area contributed by atoms with Crippen molar-refractivity contribution in [2.45, 2.75) is 37.0 Å². The van der Waals surface area contributed by atoms with Crippen LogP contribution >= 0.6 is 19.3 Å². The zero-order valence-electron chi connectivity index (χ0n) is 21.1. The highest BCUT2D eigenvalue weighted by Gasteiger charge is 2.56. The van der Waals surface area contributed by atoms with Crippen molar-refractivity contribution in [2.75, 3.05) is 13.7 Å². The molecule has 0 amide bonds. The Morgan fingerprint density at radius 3 is 2.70 bits per heavy atom. The Balaban J connectivity index is 1.64. The van der Waals surface area contributed by atoms with Crippen LogP contribution in [0.3, 0.4) is 0 Å². The van der Waals surface area contributed by atoms with Crippen LogP contribution in [0.1, 0.15) is 13.2 Å². The number of halogens is 1. The van der Waals surface area contributed by atoms with Gasteiger partial charge in [-0.2, -0.15) is 5.09 Å². The van der Waals surface area contributed by atoms with Gasteiger partial charge in [0.05, 0.1) is 13.7 Å². The van der Waals surface area contributed by atoms with Gasteiger partial charge in [0.1, 0.15) is 24.0 Å². The molecule has 2 heterocycles. The van der Waals surface area contributed by atoms with Crippen molar-refractivity contribution in [3.8, 4) is 17.0 Å². The topological polar surface area (TPSA) is 178 Å². The summed E-state index contributed by atoms with van der Waals surface area (Å²) < 4.78 is 36.5. The highest BCUT2D eigenvalue weighted by Crippen LogP contribution is 2.48. The van der Waals surface area contributed by atoms with Crippen LogP contribution in [-0.4, -0.2) is 63.3 Å². The van der Waals surface area contributed by atoms with Crippen molar-refractivity contribution in [1.29, 1.82) is 0 Å². The molecule has 0 aliphatic carbocycles. The Labute approximate surface area is 232 Å². The summed E-state index contributed by atoms with van der Waals surface area (Å²) in [6.07, 6.45) is -3.89. The quantitative estimate of drug-likeness (QED) is 0.159. The number of hydrogen-bond donors (Lipinski definition) is 4. The lowest BCUT2D eigenvalue weighted by Gasteiger charge is -2.26. The summed E-state index contributed by atoms with van der Waals surface area (Å²) in [5.74, 6) is 1.62. The average Bonchev–Trinajstić information content (AvgIpc) is 3.16. The number of H-pyrrole nitrogens is 1. The van der Waals surface area contributed by atoms with E-state index >= 15 is 0 Å². The Bertz CT molecular complexity index is 1630. The maximum absolute atomic E-state index is 13.9. The number of nitrogens with zero attached hydrogens (tertiary/aromatic N) is 1. The number of aromatic amines is 1. The highest BCUT2D eigenvalue weighted by atomic mass is 35.5. The van der Waals surface area contributed by atoms with Crippen LogP contribution in [0.15, 0.2) is 64.3 Å². The zero-order valence-corrected chi connectivity index (χ0v) is 22.8. The van der Waals surface area contributed by atoms with E-state index in [1.54, 1.807) is 24.3 Å². The number of ether oxygens (including phenoxy) is 2. The highest BCUT2D eigenvalue weighted by molar-refractivity contribution is 7.52. The molecule has 1 saturated heterocycles. The number of benzene rings is 2. The van der Waals surface area contributed by atoms with Crippen LogP contribution in [0.2, 0.25) is 0 Å². The number of methoxy groups -OCH3 is 1. The van der Waals surface area contributed by atoms with Gasteiger partial charge in [-0.3, -0.25) is 23.7 Å². The first-order chi connectivity index (χ1) is 19.0. The summed E-state index contributed by atoms with van der Waals surface area (Å²) in [6, 6.07) is 12.0. The van der Waals surface area contributed by atoms with Crippen molar-refractivity contribution in [1.82, 2.24) is 14.6 Å². The molecule has 1 aliphatic heterocycles. The molecule has 13 nitrogen and oxygen atoms in total. The van der Waals surface area contributed by atoms with E-state index in [2.05, 4.69) is 11.0 Å². The molecule has 4 N–H and O–H groups in total. The molecule has 0 saturated carbocycles. The fourth-order valence-corrected chi connectivity index (χ4v) is 5.81. The van der Waals surface area contributed by atoms with Crippen molar-refractivity contribution in [3.63, 3.8) is 0 Å². The second kappa shape index (κ2) is 12.0. The third kappa shape index (κ3) is 5.99. The predicted molar refractivity (Wildman–Crippen MR) is 143 cm³/mol. The summed E-state index contributed by atoms with van der Waals surface area (Å²) in [6.45, 7) is 0.702. The molecular weight excluding hydrogens is 569 g/mol. The molecule has 1 fully saturated rings. The predicted octanol–water partition coefficient (Wildman–Crippen LogP) is 1.23. The minimum absolute atomic E-state index is 0.168. The van der Waals surface area contributed by atoms with Crippen molar-refractivity contribution in [2.24, 2.45) is 0 Å². The van der Waals surface area contributed by atoms with Crippen LogP contribution in [0.4, 0.5) is 0 Å². The average molecular weight is 594 g/mol. The van der Waals surface area contributed by atoms with Crippen LogP contribution < -0.4 is 20.9 Å². The zero-order chi connectivity index (χ0) is 29.1. The first kappa shape index (κ1) is 29.5. The van der Waals surface area contributed by atoms with Gasteiger partial charge in [-0.25, -0.2) is 9.36 Å². The van der Waals surface area contributed by atoms with E-state index in [1.807, 2.05) is 28.6 Å². The lowest BCUT2D eigenvalue weighted by Crippen LogP contribution is -2.48. The number of aromatic nitrogens is 2. The van der Waals surface area contributed by atoms with E-state index in [4.69, 9.17) is 30.1 Å². The van der Waals surface area contributed by atoms with Gasteiger partial charge in [0, 0.05) is 23.0 Å². The molecule has 3 aromatic rings.